The molecule has 0 bridgehead atoms. The van der Waals surface area contributed by atoms with Gasteiger partial charge in [-0.15, -0.1) is 0 Å². The lowest BCUT2D eigenvalue weighted by molar-refractivity contribution is -0.119. The topological polar surface area (TPSA) is 72.4 Å². The molecule has 2 atom stereocenters. The third-order valence-corrected chi connectivity index (χ3v) is 5.03. The molecule has 0 spiro atoms. The van der Waals surface area contributed by atoms with Gasteiger partial charge in [0.2, 0.25) is 5.91 Å². The number of nitrogens with two attached hydrogens (primary N) is 1. The predicted octanol–water partition coefficient (Wildman–Crippen LogP) is 3.71. The van der Waals surface area contributed by atoms with E-state index in [0.717, 1.165) is 28.3 Å². The number of para-hydroxylation sites is 1. The molecular weight excluding hydrogens is 326 g/mol. The second-order valence-electron chi connectivity index (χ2n) is 6.77. The zero-order valence-electron chi connectivity index (χ0n) is 14.6. The van der Waals surface area contributed by atoms with Gasteiger partial charge < -0.3 is 15.2 Å². The lowest BCUT2D eigenvalue weighted by atomic mass is 9.85. The van der Waals surface area contributed by atoms with Gasteiger partial charge in [-0.3, -0.25) is 4.79 Å². The van der Waals surface area contributed by atoms with Crippen LogP contribution in [0, 0.1) is 0 Å². The van der Waals surface area contributed by atoms with E-state index in [0.29, 0.717) is 13.0 Å². The minimum atomic E-state index is -0.269. The SMILES string of the molecule is C[C@H]1C[C@H](C(N)=O)c2ccccc2N1Cc1cc(-c2ccccc2)no1. The number of carbonyl (C=O) groups is 1. The molecule has 0 aliphatic carbocycles. The maximum Gasteiger partial charge on any atom is 0.225 e. The monoisotopic (exact) mass is 347 g/mol. The van der Waals surface area contributed by atoms with Crippen molar-refractivity contribution in [2.75, 3.05) is 4.90 Å². The lowest BCUT2D eigenvalue weighted by Gasteiger charge is -2.39. The van der Waals surface area contributed by atoms with Crippen LogP contribution < -0.4 is 10.6 Å². The Morgan fingerprint density at radius 1 is 1.19 bits per heavy atom. The van der Waals surface area contributed by atoms with Gasteiger partial charge in [-0.05, 0) is 25.0 Å². The molecule has 1 amide bonds. The number of carbonyl (C=O) groups excluding carboxylic acids is 1. The van der Waals surface area contributed by atoms with Gasteiger partial charge in [-0.2, -0.15) is 0 Å². The van der Waals surface area contributed by atoms with E-state index in [2.05, 4.69) is 17.0 Å². The quantitative estimate of drug-likeness (QED) is 0.781. The van der Waals surface area contributed by atoms with Crippen LogP contribution in [0.4, 0.5) is 5.69 Å². The summed E-state index contributed by atoms with van der Waals surface area (Å²) in [4.78, 5) is 14.1. The lowest BCUT2D eigenvalue weighted by Crippen LogP contribution is -2.41. The second kappa shape index (κ2) is 6.67. The Hall–Kier alpha value is -3.08. The van der Waals surface area contributed by atoms with Crippen LogP contribution in [0.15, 0.2) is 65.2 Å². The van der Waals surface area contributed by atoms with Crippen LogP contribution in [-0.4, -0.2) is 17.1 Å². The number of hydrogen-bond acceptors (Lipinski definition) is 4. The Morgan fingerprint density at radius 3 is 2.69 bits per heavy atom. The highest BCUT2D eigenvalue weighted by Gasteiger charge is 2.33. The largest absolute Gasteiger partial charge is 0.369 e. The van der Waals surface area contributed by atoms with E-state index in [1.165, 1.54) is 0 Å². The zero-order valence-corrected chi connectivity index (χ0v) is 14.6. The molecule has 0 radical (unpaired) electrons. The molecule has 0 saturated heterocycles. The Morgan fingerprint density at radius 2 is 1.92 bits per heavy atom. The number of aromatic nitrogens is 1. The molecule has 3 aromatic rings. The maximum absolute atomic E-state index is 11.9. The number of anilines is 1. The van der Waals surface area contributed by atoms with Crippen molar-refractivity contribution in [1.82, 2.24) is 5.16 Å². The highest BCUT2D eigenvalue weighted by molar-refractivity contribution is 5.85. The smallest absolute Gasteiger partial charge is 0.225 e. The molecule has 132 valence electrons. The maximum atomic E-state index is 11.9. The molecule has 5 heteroatoms. The summed E-state index contributed by atoms with van der Waals surface area (Å²) in [5, 5.41) is 4.20. The minimum absolute atomic E-state index is 0.174. The van der Waals surface area contributed by atoms with Gasteiger partial charge in [0.15, 0.2) is 5.76 Å². The number of benzene rings is 2. The van der Waals surface area contributed by atoms with Crippen molar-refractivity contribution < 1.29 is 9.32 Å². The molecule has 5 nitrogen and oxygen atoms in total. The molecule has 0 fully saturated rings. The van der Waals surface area contributed by atoms with Crippen molar-refractivity contribution in [1.29, 1.82) is 0 Å². The van der Waals surface area contributed by atoms with E-state index in [1.807, 2.05) is 60.7 Å². The summed E-state index contributed by atoms with van der Waals surface area (Å²) in [6, 6.07) is 20.1. The highest BCUT2D eigenvalue weighted by atomic mass is 16.5. The molecule has 2 N–H and O–H groups in total. The Bertz CT molecular complexity index is 920. The zero-order chi connectivity index (χ0) is 18.1. The average molecular weight is 347 g/mol. The first-order valence-corrected chi connectivity index (χ1v) is 8.79. The van der Waals surface area contributed by atoms with Gasteiger partial charge in [0.05, 0.1) is 12.5 Å². The fourth-order valence-corrected chi connectivity index (χ4v) is 3.69. The summed E-state index contributed by atoms with van der Waals surface area (Å²) < 4.78 is 5.58. The first-order valence-electron chi connectivity index (χ1n) is 8.79. The second-order valence-corrected chi connectivity index (χ2v) is 6.77. The Labute approximate surface area is 152 Å². The molecular formula is C21H21N3O2. The number of primary amides is 1. The molecule has 0 saturated carbocycles. The highest BCUT2D eigenvalue weighted by Crippen LogP contribution is 2.39. The number of hydrogen-bond donors (Lipinski definition) is 1. The summed E-state index contributed by atoms with van der Waals surface area (Å²) in [6.45, 7) is 2.71. The first-order chi connectivity index (χ1) is 12.6. The fraction of sp³-hybridized carbons (Fsp3) is 0.238. The van der Waals surface area contributed by atoms with Crippen LogP contribution >= 0.6 is 0 Å². The molecule has 1 aliphatic rings. The fourth-order valence-electron chi connectivity index (χ4n) is 3.69. The van der Waals surface area contributed by atoms with Gasteiger partial charge >= 0.3 is 0 Å². The summed E-state index contributed by atoms with van der Waals surface area (Å²) in [5.41, 5.74) is 9.50. The third kappa shape index (κ3) is 2.96. The van der Waals surface area contributed by atoms with E-state index in [4.69, 9.17) is 10.3 Å². The van der Waals surface area contributed by atoms with Gasteiger partial charge in [0, 0.05) is 23.4 Å². The summed E-state index contributed by atoms with van der Waals surface area (Å²) in [6.07, 6.45) is 0.700. The van der Waals surface area contributed by atoms with Crippen molar-refractivity contribution in [3.05, 3.63) is 72.0 Å². The predicted molar refractivity (Wildman–Crippen MR) is 101 cm³/mol. The molecule has 1 aromatic heterocycles. The van der Waals surface area contributed by atoms with Crippen LogP contribution in [0.5, 0.6) is 0 Å². The summed E-state index contributed by atoms with van der Waals surface area (Å²) in [5.74, 6) is 0.282. The minimum Gasteiger partial charge on any atom is -0.369 e. The first kappa shape index (κ1) is 16.4. The average Bonchev–Trinajstić information content (AvgIpc) is 3.13. The number of rotatable bonds is 4. The summed E-state index contributed by atoms with van der Waals surface area (Å²) in [7, 11) is 0. The van der Waals surface area contributed by atoms with Crippen LogP contribution in [-0.2, 0) is 11.3 Å². The van der Waals surface area contributed by atoms with Crippen molar-refractivity contribution in [3.63, 3.8) is 0 Å². The van der Waals surface area contributed by atoms with Crippen molar-refractivity contribution in [3.8, 4) is 11.3 Å². The Kier molecular flexibility index (Phi) is 4.21. The van der Waals surface area contributed by atoms with Crippen LogP contribution in [0.1, 0.15) is 30.6 Å². The molecule has 1 aliphatic heterocycles. The molecule has 4 rings (SSSR count). The normalized spacial score (nSPS) is 19.2. The van der Waals surface area contributed by atoms with Crippen molar-refractivity contribution in [2.24, 2.45) is 5.73 Å². The summed E-state index contributed by atoms with van der Waals surface area (Å²) >= 11 is 0. The third-order valence-electron chi connectivity index (χ3n) is 5.03. The molecule has 0 unspecified atom stereocenters. The number of amides is 1. The van der Waals surface area contributed by atoms with Crippen LogP contribution in [0.2, 0.25) is 0 Å². The molecule has 2 heterocycles. The van der Waals surface area contributed by atoms with Gasteiger partial charge in [-0.25, -0.2) is 0 Å². The van der Waals surface area contributed by atoms with Crippen LogP contribution in [0.3, 0.4) is 0 Å². The van der Waals surface area contributed by atoms with E-state index in [-0.39, 0.29) is 17.9 Å². The van der Waals surface area contributed by atoms with Gasteiger partial charge in [0.1, 0.15) is 5.69 Å². The molecule has 26 heavy (non-hydrogen) atoms. The van der Waals surface area contributed by atoms with Crippen LogP contribution in [0.25, 0.3) is 11.3 Å². The number of fused-ring (bicyclic) bond motifs is 1. The van der Waals surface area contributed by atoms with Crippen molar-refractivity contribution in [2.45, 2.75) is 31.8 Å². The van der Waals surface area contributed by atoms with Gasteiger partial charge in [-0.1, -0.05) is 53.7 Å². The van der Waals surface area contributed by atoms with E-state index in [9.17, 15) is 4.79 Å². The Balaban J connectivity index is 1.63. The van der Waals surface area contributed by atoms with Gasteiger partial charge in [0.25, 0.3) is 0 Å². The van der Waals surface area contributed by atoms with E-state index in [1.54, 1.807) is 0 Å². The molecule has 2 aromatic carbocycles. The number of nitrogens with zero attached hydrogens (tertiary/aromatic N) is 2. The van der Waals surface area contributed by atoms with E-state index < -0.39 is 0 Å². The van der Waals surface area contributed by atoms with E-state index >= 15 is 0 Å². The van der Waals surface area contributed by atoms with Crippen molar-refractivity contribution >= 4 is 11.6 Å². The standard InChI is InChI=1S/C21H21N3O2/c1-14-11-18(21(22)25)17-9-5-6-10-20(17)24(14)13-16-12-19(23-26-16)15-7-3-2-4-8-15/h2-10,12,14,18H,11,13H2,1H3,(H2,22,25)/t14-,18-/m0/s1.